The van der Waals surface area contributed by atoms with E-state index in [2.05, 4.69) is 10.1 Å². The largest absolute Gasteiger partial charge is 0.410 e. The van der Waals surface area contributed by atoms with Gasteiger partial charge in [-0.2, -0.15) is 0 Å². The highest BCUT2D eigenvalue weighted by molar-refractivity contribution is 6.12. The standard InChI is InChI=1S/C18H14N2O/c21-20-18(15-9-5-2-6-10-15)16-11-12-17(19-13-16)14-7-3-1-4-8-14/h1-13,21H/b20-18+. The lowest BCUT2D eigenvalue weighted by Crippen LogP contribution is -2.03. The summed E-state index contributed by atoms with van der Waals surface area (Å²) < 4.78 is 0. The van der Waals surface area contributed by atoms with Gasteiger partial charge in [0.05, 0.1) is 5.69 Å². The summed E-state index contributed by atoms with van der Waals surface area (Å²) in [6.07, 6.45) is 1.73. The first-order valence-electron chi connectivity index (χ1n) is 6.68. The van der Waals surface area contributed by atoms with E-state index in [1.807, 2.05) is 72.8 Å². The van der Waals surface area contributed by atoms with Gasteiger partial charge in [-0.15, -0.1) is 0 Å². The highest BCUT2D eigenvalue weighted by Crippen LogP contribution is 2.18. The second-order valence-corrected chi connectivity index (χ2v) is 4.61. The fraction of sp³-hybridized carbons (Fsp3) is 0. The van der Waals surface area contributed by atoms with Crippen LogP contribution in [0.1, 0.15) is 11.1 Å². The second-order valence-electron chi connectivity index (χ2n) is 4.61. The van der Waals surface area contributed by atoms with Crippen LogP contribution >= 0.6 is 0 Å². The van der Waals surface area contributed by atoms with Crippen molar-refractivity contribution in [2.45, 2.75) is 0 Å². The first-order valence-corrected chi connectivity index (χ1v) is 6.68. The second kappa shape index (κ2) is 6.01. The van der Waals surface area contributed by atoms with Gasteiger partial charge in [-0.25, -0.2) is 0 Å². The minimum Gasteiger partial charge on any atom is -0.410 e. The molecule has 3 aromatic rings. The van der Waals surface area contributed by atoms with Crippen molar-refractivity contribution in [3.8, 4) is 11.3 Å². The molecule has 0 aliphatic heterocycles. The number of hydrogen-bond donors (Lipinski definition) is 1. The normalized spacial score (nSPS) is 11.3. The third-order valence-corrected chi connectivity index (χ3v) is 3.25. The van der Waals surface area contributed by atoms with E-state index in [-0.39, 0.29) is 0 Å². The van der Waals surface area contributed by atoms with Gasteiger partial charge >= 0.3 is 0 Å². The lowest BCUT2D eigenvalue weighted by molar-refractivity contribution is 0.319. The minimum atomic E-state index is 0.516. The van der Waals surface area contributed by atoms with Gasteiger partial charge in [0.2, 0.25) is 0 Å². The summed E-state index contributed by atoms with van der Waals surface area (Å²) in [5.41, 5.74) is 4.11. The number of nitrogens with zero attached hydrogens (tertiary/aromatic N) is 2. The Bertz CT molecular complexity index is 735. The zero-order chi connectivity index (χ0) is 14.5. The molecule has 1 heterocycles. The minimum absolute atomic E-state index is 0.516. The fourth-order valence-electron chi connectivity index (χ4n) is 2.19. The maximum absolute atomic E-state index is 9.28. The first kappa shape index (κ1) is 13.1. The molecule has 3 rings (SSSR count). The number of hydrogen-bond acceptors (Lipinski definition) is 3. The number of rotatable bonds is 3. The highest BCUT2D eigenvalue weighted by atomic mass is 16.4. The summed E-state index contributed by atoms with van der Waals surface area (Å²) in [5.74, 6) is 0. The van der Waals surface area contributed by atoms with Crippen LogP contribution in [0, 0.1) is 0 Å². The maximum atomic E-state index is 9.28. The average Bonchev–Trinajstić information content (AvgIpc) is 2.58. The third-order valence-electron chi connectivity index (χ3n) is 3.25. The molecule has 3 nitrogen and oxygen atoms in total. The average molecular weight is 274 g/mol. The molecule has 3 heteroatoms. The Morgan fingerprint density at radius 1 is 0.762 bits per heavy atom. The van der Waals surface area contributed by atoms with E-state index in [1.54, 1.807) is 6.20 Å². The van der Waals surface area contributed by atoms with Crippen LogP contribution in [-0.4, -0.2) is 15.9 Å². The van der Waals surface area contributed by atoms with Crippen molar-refractivity contribution < 1.29 is 5.21 Å². The van der Waals surface area contributed by atoms with E-state index in [1.165, 1.54) is 0 Å². The van der Waals surface area contributed by atoms with E-state index in [0.717, 1.165) is 22.4 Å². The Hall–Kier alpha value is -2.94. The van der Waals surface area contributed by atoms with E-state index in [4.69, 9.17) is 0 Å². The van der Waals surface area contributed by atoms with Crippen LogP contribution in [0.3, 0.4) is 0 Å². The number of oxime groups is 1. The van der Waals surface area contributed by atoms with Crippen LogP contribution in [0.5, 0.6) is 0 Å². The van der Waals surface area contributed by atoms with Gasteiger partial charge in [-0.3, -0.25) is 4.98 Å². The fourth-order valence-corrected chi connectivity index (χ4v) is 2.19. The summed E-state index contributed by atoms with van der Waals surface area (Å²) >= 11 is 0. The van der Waals surface area contributed by atoms with Gasteiger partial charge in [0.15, 0.2) is 0 Å². The Morgan fingerprint density at radius 3 is 2.00 bits per heavy atom. The number of benzene rings is 2. The predicted octanol–water partition coefficient (Wildman–Crippen LogP) is 3.98. The summed E-state index contributed by atoms with van der Waals surface area (Å²) in [5, 5.41) is 12.7. The van der Waals surface area contributed by atoms with E-state index in [9.17, 15) is 5.21 Å². The van der Waals surface area contributed by atoms with E-state index < -0.39 is 0 Å². The van der Waals surface area contributed by atoms with Gasteiger partial charge in [0.1, 0.15) is 5.71 Å². The molecule has 21 heavy (non-hydrogen) atoms. The Morgan fingerprint density at radius 2 is 1.43 bits per heavy atom. The lowest BCUT2D eigenvalue weighted by atomic mass is 10.0. The third kappa shape index (κ3) is 2.82. The van der Waals surface area contributed by atoms with Crippen molar-refractivity contribution in [3.63, 3.8) is 0 Å². The van der Waals surface area contributed by atoms with Crippen molar-refractivity contribution in [1.82, 2.24) is 4.98 Å². The molecule has 0 saturated carbocycles. The molecule has 0 spiro atoms. The molecule has 0 radical (unpaired) electrons. The molecule has 0 bridgehead atoms. The molecule has 1 aromatic heterocycles. The van der Waals surface area contributed by atoms with E-state index in [0.29, 0.717) is 5.71 Å². The van der Waals surface area contributed by atoms with Crippen molar-refractivity contribution in [2.75, 3.05) is 0 Å². The topological polar surface area (TPSA) is 45.5 Å². The summed E-state index contributed by atoms with van der Waals surface area (Å²) in [7, 11) is 0. The van der Waals surface area contributed by atoms with Crippen LogP contribution in [-0.2, 0) is 0 Å². The zero-order valence-electron chi connectivity index (χ0n) is 11.3. The highest BCUT2D eigenvalue weighted by Gasteiger charge is 2.08. The van der Waals surface area contributed by atoms with Gasteiger partial charge in [0, 0.05) is 22.9 Å². The van der Waals surface area contributed by atoms with Gasteiger partial charge in [-0.1, -0.05) is 65.8 Å². The summed E-state index contributed by atoms with van der Waals surface area (Å²) in [4.78, 5) is 4.45. The SMILES string of the molecule is O/N=C(\c1ccccc1)c1ccc(-c2ccccc2)nc1. The molecule has 0 aliphatic carbocycles. The summed E-state index contributed by atoms with van der Waals surface area (Å²) in [6, 6.07) is 23.4. The molecule has 1 N–H and O–H groups in total. The first-order chi connectivity index (χ1) is 10.4. The molecule has 0 saturated heterocycles. The van der Waals surface area contributed by atoms with Crippen LogP contribution in [0.25, 0.3) is 11.3 Å². The van der Waals surface area contributed by atoms with Crippen molar-refractivity contribution in [1.29, 1.82) is 0 Å². The Balaban J connectivity index is 1.94. The Kier molecular flexibility index (Phi) is 3.74. The molecular weight excluding hydrogens is 260 g/mol. The quantitative estimate of drug-likeness (QED) is 0.446. The summed E-state index contributed by atoms with van der Waals surface area (Å²) in [6.45, 7) is 0. The van der Waals surface area contributed by atoms with Gasteiger partial charge < -0.3 is 5.21 Å². The lowest BCUT2D eigenvalue weighted by Gasteiger charge is -2.06. The van der Waals surface area contributed by atoms with Crippen LogP contribution in [0.15, 0.2) is 84.1 Å². The van der Waals surface area contributed by atoms with Gasteiger partial charge in [0.25, 0.3) is 0 Å². The van der Waals surface area contributed by atoms with Crippen LogP contribution in [0.4, 0.5) is 0 Å². The maximum Gasteiger partial charge on any atom is 0.118 e. The van der Waals surface area contributed by atoms with Gasteiger partial charge in [-0.05, 0) is 12.1 Å². The molecule has 0 fully saturated rings. The number of pyridine rings is 1. The van der Waals surface area contributed by atoms with Crippen LogP contribution in [0.2, 0.25) is 0 Å². The van der Waals surface area contributed by atoms with Crippen molar-refractivity contribution in [2.24, 2.45) is 5.16 Å². The zero-order valence-corrected chi connectivity index (χ0v) is 11.3. The molecule has 0 aliphatic rings. The number of aromatic nitrogens is 1. The smallest absolute Gasteiger partial charge is 0.118 e. The monoisotopic (exact) mass is 274 g/mol. The Labute approximate surface area is 123 Å². The molecule has 0 unspecified atom stereocenters. The van der Waals surface area contributed by atoms with Crippen LogP contribution < -0.4 is 0 Å². The molecule has 2 aromatic carbocycles. The van der Waals surface area contributed by atoms with Crippen molar-refractivity contribution in [3.05, 3.63) is 90.1 Å². The van der Waals surface area contributed by atoms with Crippen molar-refractivity contribution >= 4 is 5.71 Å². The molecular formula is C18H14N2O. The predicted molar refractivity (Wildman–Crippen MR) is 83.5 cm³/mol. The molecule has 102 valence electrons. The van der Waals surface area contributed by atoms with E-state index >= 15 is 0 Å². The molecule has 0 amide bonds. The molecule has 0 atom stereocenters.